The van der Waals surface area contributed by atoms with Gasteiger partial charge in [0.2, 0.25) is 0 Å². The first-order valence-corrected chi connectivity index (χ1v) is 16.4. The van der Waals surface area contributed by atoms with E-state index in [2.05, 4.69) is 15.9 Å². The number of esters is 2. The highest BCUT2D eigenvalue weighted by atomic mass is 79.9. The summed E-state index contributed by atoms with van der Waals surface area (Å²) in [6.45, 7) is 3.88. The molecule has 0 N–H and O–H groups in total. The lowest BCUT2D eigenvalue weighted by Gasteiger charge is -2.23. The third kappa shape index (κ3) is 9.16. The fourth-order valence-electron chi connectivity index (χ4n) is 4.92. The summed E-state index contributed by atoms with van der Waals surface area (Å²) < 4.78 is 37.1. The molecule has 8 nitrogen and oxygen atoms in total. The molecular weight excluding hydrogens is 664 g/mol. The molecule has 0 aliphatic rings. The van der Waals surface area contributed by atoms with E-state index in [1.54, 1.807) is 13.8 Å². The lowest BCUT2D eigenvalue weighted by molar-refractivity contribution is -0.152. The number of fused-ring (bicyclic) bond motifs is 2. The number of carbonyl (C=O) groups is 2. The molecule has 0 aromatic heterocycles. The largest absolute Gasteiger partial charge is 0.490 e. The van der Waals surface area contributed by atoms with Crippen molar-refractivity contribution in [1.82, 2.24) is 0 Å². The number of carbonyl (C=O) groups excluding carboxylic acids is 2. The van der Waals surface area contributed by atoms with Gasteiger partial charge in [-0.25, -0.2) is 0 Å². The molecule has 5 rings (SSSR count). The Morgan fingerprint density at radius 1 is 0.532 bits per heavy atom. The SMILES string of the molecule is CCC(=O)OC(COc1ccccc1)COc1c2ccccc2c(OCC(COc2ccccc2)OC(=O)CC)c2cc(Br)ccc12. The number of hydrogen-bond donors (Lipinski definition) is 0. The summed E-state index contributed by atoms with van der Waals surface area (Å²) >= 11 is 3.61. The highest BCUT2D eigenvalue weighted by Gasteiger charge is 2.22. The molecule has 0 saturated heterocycles. The summed E-state index contributed by atoms with van der Waals surface area (Å²) in [6.07, 6.45) is -0.837. The zero-order valence-electron chi connectivity index (χ0n) is 26.4. The van der Waals surface area contributed by atoms with E-state index in [0.29, 0.717) is 23.0 Å². The number of hydrogen-bond acceptors (Lipinski definition) is 8. The van der Waals surface area contributed by atoms with Crippen LogP contribution >= 0.6 is 15.9 Å². The zero-order chi connectivity index (χ0) is 33.0. The molecule has 2 atom stereocenters. The maximum Gasteiger partial charge on any atom is 0.306 e. The van der Waals surface area contributed by atoms with Gasteiger partial charge in [0.15, 0.2) is 12.2 Å². The molecule has 0 aliphatic carbocycles. The molecule has 0 fully saturated rings. The molecule has 244 valence electrons. The van der Waals surface area contributed by atoms with Crippen molar-refractivity contribution in [3.63, 3.8) is 0 Å². The average Bonchev–Trinajstić information content (AvgIpc) is 3.11. The van der Waals surface area contributed by atoms with Gasteiger partial charge in [0.25, 0.3) is 0 Å². The van der Waals surface area contributed by atoms with Gasteiger partial charge in [-0.05, 0) is 42.5 Å². The number of rotatable bonds is 16. The summed E-state index contributed by atoms with van der Waals surface area (Å²) in [7, 11) is 0. The minimum Gasteiger partial charge on any atom is -0.490 e. The molecule has 5 aromatic rings. The lowest BCUT2D eigenvalue weighted by Crippen LogP contribution is -2.31. The van der Waals surface area contributed by atoms with E-state index in [1.165, 1.54) is 0 Å². The van der Waals surface area contributed by atoms with Gasteiger partial charge < -0.3 is 28.4 Å². The van der Waals surface area contributed by atoms with Gasteiger partial charge in [-0.15, -0.1) is 0 Å². The van der Waals surface area contributed by atoms with Gasteiger partial charge in [-0.3, -0.25) is 9.59 Å². The lowest BCUT2D eigenvalue weighted by atomic mass is 10.0. The van der Waals surface area contributed by atoms with Crippen molar-refractivity contribution in [3.8, 4) is 23.0 Å². The van der Waals surface area contributed by atoms with Crippen molar-refractivity contribution in [3.05, 3.63) is 108 Å². The second-order valence-corrected chi connectivity index (χ2v) is 11.6. The summed E-state index contributed by atoms with van der Waals surface area (Å²) in [5.74, 6) is 1.89. The van der Waals surface area contributed by atoms with E-state index in [-0.39, 0.29) is 51.2 Å². The summed E-state index contributed by atoms with van der Waals surface area (Å²) in [5, 5.41) is 3.21. The van der Waals surface area contributed by atoms with Crippen molar-refractivity contribution in [1.29, 1.82) is 0 Å². The minimum absolute atomic E-state index is 0.0657. The molecule has 5 aromatic carbocycles. The normalized spacial score (nSPS) is 12.2. The third-order valence-corrected chi connectivity index (χ3v) is 7.74. The Hall–Kier alpha value is -4.76. The molecule has 0 radical (unpaired) electrons. The predicted octanol–water partition coefficient (Wildman–Crippen LogP) is 8.31. The van der Waals surface area contributed by atoms with Crippen LogP contribution < -0.4 is 18.9 Å². The van der Waals surface area contributed by atoms with E-state index in [4.69, 9.17) is 28.4 Å². The van der Waals surface area contributed by atoms with Crippen LogP contribution in [0.25, 0.3) is 21.5 Å². The van der Waals surface area contributed by atoms with Crippen LogP contribution in [0, 0.1) is 0 Å². The van der Waals surface area contributed by atoms with Gasteiger partial charge >= 0.3 is 11.9 Å². The van der Waals surface area contributed by atoms with E-state index in [1.807, 2.05) is 103 Å². The molecule has 0 heterocycles. The first-order valence-electron chi connectivity index (χ1n) is 15.6. The highest BCUT2D eigenvalue weighted by molar-refractivity contribution is 9.10. The fraction of sp³-hybridized carbons (Fsp3) is 0.263. The van der Waals surface area contributed by atoms with Crippen molar-refractivity contribution in [2.24, 2.45) is 0 Å². The summed E-state index contributed by atoms with van der Waals surface area (Å²) in [6, 6.07) is 32.3. The molecule has 0 spiro atoms. The van der Waals surface area contributed by atoms with Crippen LogP contribution in [0.2, 0.25) is 0 Å². The Bertz CT molecular complexity index is 1780. The van der Waals surface area contributed by atoms with E-state index < -0.39 is 12.2 Å². The predicted molar refractivity (Wildman–Crippen MR) is 184 cm³/mol. The molecule has 9 heteroatoms. The maximum absolute atomic E-state index is 12.3. The minimum atomic E-state index is -0.654. The topological polar surface area (TPSA) is 89.5 Å². The standard InChI is InChI=1S/C38H37BrO8/c1-3-35(40)46-29(22-42-27-13-7-5-8-14-27)24-44-37-31-17-11-12-18-32(31)38(34-21-26(39)19-20-33(34)37)45-25-30(47-36(41)4-2)23-43-28-15-9-6-10-16-28/h5-21,29-30H,3-4,22-25H2,1-2H3. The van der Waals surface area contributed by atoms with Gasteiger partial charge in [0.05, 0.1) is 0 Å². The molecule has 47 heavy (non-hydrogen) atoms. The first-order chi connectivity index (χ1) is 22.9. The van der Waals surface area contributed by atoms with Crippen molar-refractivity contribution < 1.29 is 38.0 Å². The number of para-hydroxylation sites is 2. The molecule has 0 saturated carbocycles. The smallest absolute Gasteiger partial charge is 0.306 e. The van der Waals surface area contributed by atoms with Crippen molar-refractivity contribution in [2.75, 3.05) is 26.4 Å². The van der Waals surface area contributed by atoms with Gasteiger partial charge in [-0.2, -0.15) is 0 Å². The Morgan fingerprint density at radius 2 is 0.936 bits per heavy atom. The Balaban J connectivity index is 1.43. The van der Waals surface area contributed by atoms with Gasteiger partial charge in [0, 0.05) is 38.9 Å². The van der Waals surface area contributed by atoms with Crippen molar-refractivity contribution in [2.45, 2.75) is 38.9 Å². The van der Waals surface area contributed by atoms with Crippen LogP contribution in [-0.2, 0) is 19.1 Å². The molecule has 0 amide bonds. The van der Waals surface area contributed by atoms with E-state index in [9.17, 15) is 9.59 Å². The fourth-order valence-corrected chi connectivity index (χ4v) is 5.28. The van der Waals surface area contributed by atoms with Crippen LogP contribution in [0.3, 0.4) is 0 Å². The monoisotopic (exact) mass is 700 g/mol. The molecular formula is C38H37BrO8. The van der Waals surface area contributed by atoms with Crippen LogP contribution in [0.5, 0.6) is 23.0 Å². The summed E-state index contributed by atoms with van der Waals surface area (Å²) in [4.78, 5) is 24.6. The maximum atomic E-state index is 12.3. The third-order valence-electron chi connectivity index (χ3n) is 7.25. The van der Waals surface area contributed by atoms with E-state index in [0.717, 1.165) is 26.0 Å². The number of ether oxygens (including phenoxy) is 6. The number of benzene rings is 5. The molecule has 2 unspecified atom stereocenters. The van der Waals surface area contributed by atoms with Crippen molar-refractivity contribution >= 4 is 49.4 Å². The van der Waals surface area contributed by atoms with Crippen LogP contribution in [0.15, 0.2) is 108 Å². The average molecular weight is 702 g/mol. The summed E-state index contributed by atoms with van der Waals surface area (Å²) in [5.41, 5.74) is 0. The highest BCUT2D eigenvalue weighted by Crippen LogP contribution is 2.44. The Kier molecular flexibility index (Phi) is 11.9. The Labute approximate surface area is 282 Å². The molecule has 0 bridgehead atoms. The second-order valence-electron chi connectivity index (χ2n) is 10.7. The van der Waals surface area contributed by atoms with Crippen LogP contribution in [0.4, 0.5) is 0 Å². The van der Waals surface area contributed by atoms with Crippen LogP contribution in [-0.4, -0.2) is 50.6 Å². The number of halogens is 1. The van der Waals surface area contributed by atoms with Gasteiger partial charge in [-0.1, -0.05) is 90.4 Å². The zero-order valence-corrected chi connectivity index (χ0v) is 27.9. The molecule has 0 aliphatic heterocycles. The van der Waals surface area contributed by atoms with Gasteiger partial charge in [0.1, 0.15) is 49.4 Å². The van der Waals surface area contributed by atoms with Crippen LogP contribution in [0.1, 0.15) is 26.7 Å². The Morgan fingerprint density at radius 3 is 1.40 bits per heavy atom. The first kappa shape index (κ1) is 33.6. The second kappa shape index (κ2) is 16.7. The van der Waals surface area contributed by atoms with E-state index >= 15 is 0 Å². The quantitative estimate of drug-likeness (QED) is 0.0750.